The average molecular weight is 402 g/mol. The number of allylic oxidation sites excluding steroid dienone is 4. The number of aliphatic hydroxyl groups excluding tert-OH is 1. The van der Waals surface area contributed by atoms with Crippen LogP contribution in [0.5, 0.6) is 0 Å². The van der Waals surface area contributed by atoms with Crippen molar-refractivity contribution < 1.29 is 29.3 Å². The quantitative estimate of drug-likeness (QED) is 0.702. The first-order valence-corrected chi connectivity index (χ1v) is 10.5. The summed E-state index contributed by atoms with van der Waals surface area (Å²) in [5.41, 5.74) is -1.71. The highest BCUT2D eigenvalue weighted by molar-refractivity contribution is 5.92. The van der Waals surface area contributed by atoms with Crippen LogP contribution >= 0.6 is 0 Å². The number of carbonyl (C=O) groups excluding carboxylic acids is 3. The number of carbonyl (C=O) groups is 3. The van der Waals surface area contributed by atoms with Crippen molar-refractivity contribution in [3.8, 4) is 0 Å². The van der Waals surface area contributed by atoms with Crippen LogP contribution in [-0.4, -0.2) is 46.1 Å². The summed E-state index contributed by atoms with van der Waals surface area (Å²) in [5, 5.41) is 22.7. The van der Waals surface area contributed by atoms with Crippen LogP contribution in [0.4, 0.5) is 0 Å². The summed E-state index contributed by atoms with van der Waals surface area (Å²) >= 11 is 0. The first-order chi connectivity index (χ1) is 13.5. The van der Waals surface area contributed by atoms with Crippen LogP contribution in [0.3, 0.4) is 0 Å². The van der Waals surface area contributed by atoms with E-state index < -0.39 is 35.5 Å². The summed E-state index contributed by atoms with van der Waals surface area (Å²) in [6.07, 6.45) is 7.57. The highest BCUT2D eigenvalue weighted by Crippen LogP contribution is 2.66. The minimum Gasteiger partial charge on any atom is -0.458 e. The minimum absolute atomic E-state index is 0.0228. The summed E-state index contributed by atoms with van der Waals surface area (Å²) in [6, 6.07) is 0. The maximum atomic E-state index is 12.9. The van der Waals surface area contributed by atoms with Gasteiger partial charge in [-0.2, -0.15) is 0 Å². The molecule has 2 saturated carbocycles. The van der Waals surface area contributed by atoms with Crippen LogP contribution in [0, 0.1) is 28.6 Å². The predicted molar refractivity (Wildman–Crippen MR) is 105 cm³/mol. The van der Waals surface area contributed by atoms with Gasteiger partial charge in [-0.15, -0.1) is 0 Å². The molecule has 0 saturated heterocycles. The van der Waals surface area contributed by atoms with Crippen LogP contribution in [0.1, 0.15) is 52.9 Å². The third-order valence-corrected chi connectivity index (χ3v) is 8.48. The molecule has 0 unspecified atom stereocenters. The first kappa shape index (κ1) is 20.5. The number of ketones is 2. The SMILES string of the molecule is CC(=O)OCC(=O)[C@@]1(O)CC[C@H]2[C@@H]3C=CC4=CC(=O)CC[C@]4(C)[C@H]3[C@@H](O)C[C@@]21C. The fourth-order valence-corrected chi connectivity index (χ4v) is 6.88. The highest BCUT2D eigenvalue weighted by Gasteiger charge is 2.67. The third-order valence-electron chi connectivity index (χ3n) is 8.48. The van der Waals surface area contributed by atoms with E-state index in [0.29, 0.717) is 32.1 Å². The molecular weight excluding hydrogens is 372 g/mol. The van der Waals surface area contributed by atoms with Gasteiger partial charge in [0.1, 0.15) is 5.60 Å². The molecule has 2 fully saturated rings. The second-order valence-corrected chi connectivity index (χ2v) is 9.84. The molecule has 7 atom stereocenters. The molecule has 29 heavy (non-hydrogen) atoms. The second-order valence-electron chi connectivity index (χ2n) is 9.84. The molecule has 6 nitrogen and oxygen atoms in total. The minimum atomic E-state index is -1.62. The first-order valence-electron chi connectivity index (χ1n) is 10.5. The topological polar surface area (TPSA) is 101 Å². The van der Waals surface area contributed by atoms with Gasteiger partial charge in [0.25, 0.3) is 0 Å². The fraction of sp³-hybridized carbons (Fsp3) is 0.696. The predicted octanol–water partition coefficient (Wildman–Crippen LogP) is 2.13. The van der Waals surface area contributed by atoms with Gasteiger partial charge in [-0.3, -0.25) is 14.4 Å². The second kappa shape index (κ2) is 6.61. The maximum absolute atomic E-state index is 12.9. The Bertz CT molecular complexity index is 827. The Morgan fingerprint density at radius 2 is 2.00 bits per heavy atom. The Kier molecular flexibility index (Phi) is 4.67. The van der Waals surface area contributed by atoms with Gasteiger partial charge in [0.05, 0.1) is 6.10 Å². The number of Topliss-reactive ketones (excluding diaryl/α,β-unsaturated/α-hetero) is 1. The number of aliphatic hydroxyl groups is 2. The Labute approximate surface area is 171 Å². The smallest absolute Gasteiger partial charge is 0.303 e. The number of hydrogen-bond donors (Lipinski definition) is 2. The van der Waals surface area contributed by atoms with Crippen LogP contribution in [-0.2, 0) is 19.1 Å². The fourth-order valence-electron chi connectivity index (χ4n) is 6.88. The zero-order chi connectivity index (χ0) is 21.2. The van der Waals surface area contributed by atoms with Crippen LogP contribution in [0.2, 0.25) is 0 Å². The van der Waals surface area contributed by atoms with E-state index in [2.05, 4.69) is 13.0 Å². The zero-order valence-electron chi connectivity index (χ0n) is 17.3. The van der Waals surface area contributed by atoms with Gasteiger partial charge < -0.3 is 14.9 Å². The molecule has 2 N–H and O–H groups in total. The maximum Gasteiger partial charge on any atom is 0.303 e. The lowest BCUT2D eigenvalue weighted by atomic mass is 9.47. The van der Waals surface area contributed by atoms with Gasteiger partial charge in [0.15, 0.2) is 12.4 Å². The van der Waals surface area contributed by atoms with E-state index in [0.717, 1.165) is 5.57 Å². The van der Waals surface area contributed by atoms with E-state index >= 15 is 0 Å². The van der Waals surface area contributed by atoms with Crippen LogP contribution in [0.15, 0.2) is 23.8 Å². The van der Waals surface area contributed by atoms with Crippen molar-refractivity contribution in [2.45, 2.75) is 64.6 Å². The molecule has 4 aliphatic rings. The van der Waals surface area contributed by atoms with E-state index in [-0.39, 0.29) is 29.0 Å². The summed E-state index contributed by atoms with van der Waals surface area (Å²) in [4.78, 5) is 35.9. The molecule has 0 aromatic rings. The van der Waals surface area contributed by atoms with Crippen LogP contribution in [0.25, 0.3) is 0 Å². The van der Waals surface area contributed by atoms with Crippen LogP contribution < -0.4 is 0 Å². The summed E-state index contributed by atoms with van der Waals surface area (Å²) in [5.74, 6) is -0.903. The molecule has 0 aromatic carbocycles. The lowest BCUT2D eigenvalue weighted by molar-refractivity contribution is -0.177. The summed E-state index contributed by atoms with van der Waals surface area (Å²) in [6.45, 7) is 4.81. The lowest BCUT2D eigenvalue weighted by Crippen LogP contribution is -2.61. The molecule has 0 heterocycles. The molecular formula is C23H30O6. The number of ether oxygens (including phenoxy) is 1. The van der Waals surface area contributed by atoms with Crippen molar-refractivity contribution in [1.29, 1.82) is 0 Å². The van der Waals surface area contributed by atoms with E-state index in [9.17, 15) is 24.6 Å². The Hall–Kier alpha value is -1.79. The molecule has 4 rings (SSSR count). The number of hydrogen-bond acceptors (Lipinski definition) is 6. The summed E-state index contributed by atoms with van der Waals surface area (Å²) < 4.78 is 4.87. The highest BCUT2D eigenvalue weighted by atomic mass is 16.5. The summed E-state index contributed by atoms with van der Waals surface area (Å²) in [7, 11) is 0. The molecule has 0 bridgehead atoms. The molecule has 0 aromatic heterocycles. The molecule has 6 heteroatoms. The van der Waals surface area contributed by atoms with Crippen molar-refractivity contribution in [2.75, 3.05) is 6.61 Å². The van der Waals surface area contributed by atoms with Crippen molar-refractivity contribution in [3.63, 3.8) is 0 Å². The Balaban J connectivity index is 1.69. The molecule has 158 valence electrons. The van der Waals surface area contributed by atoms with E-state index in [1.807, 2.05) is 13.0 Å². The number of esters is 1. The molecule has 0 amide bonds. The molecule has 0 radical (unpaired) electrons. The average Bonchev–Trinajstić information content (AvgIpc) is 2.91. The van der Waals surface area contributed by atoms with Crippen molar-refractivity contribution in [3.05, 3.63) is 23.8 Å². The van der Waals surface area contributed by atoms with Gasteiger partial charge in [0, 0.05) is 24.7 Å². The third kappa shape index (κ3) is 2.79. The standard InChI is InChI=1S/C23H30O6/c1-13(24)29-12-19(27)23(28)9-7-17-16-5-4-14-10-15(25)6-8-21(14,2)20(16)18(26)11-22(17,23)3/h4-5,10,16-18,20,26,28H,6-9,11-12H2,1-3H3/t16-,17-,18-,20+,21-,22-,23-/m0/s1. The van der Waals surface area contributed by atoms with Gasteiger partial charge in [0.2, 0.25) is 5.78 Å². The zero-order valence-corrected chi connectivity index (χ0v) is 17.3. The van der Waals surface area contributed by atoms with E-state index in [1.54, 1.807) is 6.08 Å². The Morgan fingerprint density at radius 3 is 2.69 bits per heavy atom. The lowest BCUT2D eigenvalue weighted by Gasteiger charge is -2.58. The molecule has 4 aliphatic carbocycles. The normalized spacial score (nSPS) is 45.7. The van der Waals surface area contributed by atoms with Crippen molar-refractivity contribution in [1.82, 2.24) is 0 Å². The van der Waals surface area contributed by atoms with Gasteiger partial charge in [-0.05, 0) is 54.6 Å². The van der Waals surface area contributed by atoms with Gasteiger partial charge in [-0.1, -0.05) is 26.0 Å². The monoisotopic (exact) mass is 402 g/mol. The van der Waals surface area contributed by atoms with Crippen molar-refractivity contribution in [2.24, 2.45) is 28.6 Å². The van der Waals surface area contributed by atoms with Crippen molar-refractivity contribution >= 4 is 17.5 Å². The van der Waals surface area contributed by atoms with E-state index in [4.69, 9.17) is 4.74 Å². The number of rotatable bonds is 3. The largest absolute Gasteiger partial charge is 0.458 e. The molecule has 0 aliphatic heterocycles. The number of fused-ring (bicyclic) bond motifs is 5. The van der Waals surface area contributed by atoms with Gasteiger partial charge in [-0.25, -0.2) is 0 Å². The van der Waals surface area contributed by atoms with Gasteiger partial charge >= 0.3 is 5.97 Å². The Morgan fingerprint density at radius 1 is 1.28 bits per heavy atom. The van der Waals surface area contributed by atoms with E-state index in [1.165, 1.54) is 6.92 Å². The molecule has 0 spiro atoms.